The summed E-state index contributed by atoms with van der Waals surface area (Å²) in [5.41, 5.74) is 8.51. The van der Waals surface area contributed by atoms with E-state index in [0.29, 0.717) is 5.95 Å². The fraction of sp³-hybridized carbons (Fsp3) is 0. The fourth-order valence-electron chi connectivity index (χ4n) is 8.10. The molecule has 0 fully saturated rings. The zero-order valence-electron chi connectivity index (χ0n) is 27.0. The van der Waals surface area contributed by atoms with Crippen LogP contribution in [0.4, 0.5) is 0 Å². The SMILES string of the molecule is c1ccc(-n2c3ccccc3c3cc4ccccc4c(-c4nc(-n5c6ccccc6c6cc7ccccc7cc65)nc5ccccc45)c32)cc1. The number of hydrogen-bond acceptors (Lipinski definition) is 2. The van der Waals surface area contributed by atoms with Crippen LogP contribution in [0.1, 0.15) is 0 Å². The van der Waals surface area contributed by atoms with Crippen molar-refractivity contribution in [1.82, 2.24) is 19.1 Å². The lowest BCUT2D eigenvalue weighted by molar-refractivity contribution is 1.01. The fourth-order valence-corrected chi connectivity index (χ4v) is 8.10. The first-order valence-corrected chi connectivity index (χ1v) is 17.0. The third-order valence-corrected chi connectivity index (χ3v) is 10.3. The molecule has 0 spiro atoms. The molecule has 0 aliphatic carbocycles. The summed E-state index contributed by atoms with van der Waals surface area (Å²) in [7, 11) is 0. The number of fused-ring (bicyclic) bond motifs is 9. The highest BCUT2D eigenvalue weighted by molar-refractivity contribution is 6.22. The number of para-hydroxylation sites is 4. The van der Waals surface area contributed by atoms with E-state index in [-0.39, 0.29) is 0 Å². The van der Waals surface area contributed by atoms with Gasteiger partial charge in [-0.05, 0) is 70.1 Å². The molecule has 232 valence electrons. The van der Waals surface area contributed by atoms with Crippen LogP contribution in [0.2, 0.25) is 0 Å². The van der Waals surface area contributed by atoms with Crippen LogP contribution in [0.15, 0.2) is 170 Å². The molecule has 4 heteroatoms. The van der Waals surface area contributed by atoms with Gasteiger partial charge < -0.3 is 4.57 Å². The minimum atomic E-state index is 0.656. The number of aromatic nitrogens is 4. The van der Waals surface area contributed by atoms with E-state index in [9.17, 15) is 0 Å². The second kappa shape index (κ2) is 10.4. The van der Waals surface area contributed by atoms with Crippen LogP contribution in [0.25, 0.3) is 99.0 Å². The van der Waals surface area contributed by atoms with E-state index in [4.69, 9.17) is 9.97 Å². The average molecular weight is 637 g/mol. The molecule has 0 amide bonds. The lowest BCUT2D eigenvalue weighted by Crippen LogP contribution is -2.04. The Morgan fingerprint density at radius 2 is 0.920 bits per heavy atom. The highest BCUT2D eigenvalue weighted by atomic mass is 15.2. The van der Waals surface area contributed by atoms with Gasteiger partial charge in [-0.2, -0.15) is 0 Å². The number of benzene rings is 8. The van der Waals surface area contributed by atoms with Gasteiger partial charge in [-0.1, -0.05) is 121 Å². The number of nitrogens with zero attached hydrogens (tertiary/aromatic N) is 4. The second-order valence-electron chi connectivity index (χ2n) is 13.0. The molecular weight excluding hydrogens is 609 g/mol. The van der Waals surface area contributed by atoms with Crippen LogP contribution < -0.4 is 0 Å². The Morgan fingerprint density at radius 1 is 0.360 bits per heavy atom. The Hall–Kier alpha value is -6.78. The Labute approximate surface area is 287 Å². The molecule has 3 heterocycles. The normalized spacial score (nSPS) is 12.0. The molecule has 0 radical (unpaired) electrons. The molecule has 0 unspecified atom stereocenters. The zero-order valence-corrected chi connectivity index (χ0v) is 27.0. The highest BCUT2D eigenvalue weighted by Crippen LogP contribution is 2.44. The van der Waals surface area contributed by atoms with Crippen LogP contribution in [0.3, 0.4) is 0 Å². The average Bonchev–Trinajstić information content (AvgIpc) is 3.68. The summed E-state index contributed by atoms with van der Waals surface area (Å²) in [6.45, 7) is 0. The first-order valence-electron chi connectivity index (χ1n) is 17.0. The largest absolute Gasteiger partial charge is 0.309 e. The van der Waals surface area contributed by atoms with Crippen molar-refractivity contribution in [2.45, 2.75) is 0 Å². The van der Waals surface area contributed by atoms with Crippen molar-refractivity contribution in [3.8, 4) is 22.9 Å². The third kappa shape index (κ3) is 3.81. The van der Waals surface area contributed by atoms with E-state index in [1.807, 2.05) is 0 Å². The maximum atomic E-state index is 5.64. The topological polar surface area (TPSA) is 35.6 Å². The summed E-state index contributed by atoms with van der Waals surface area (Å²) in [5, 5.41) is 10.5. The number of hydrogen-bond donors (Lipinski definition) is 0. The van der Waals surface area contributed by atoms with Crippen LogP contribution in [-0.4, -0.2) is 19.1 Å². The molecule has 0 aliphatic heterocycles. The summed E-state index contributed by atoms with van der Waals surface area (Å²) < 4.78 is 4.66. The molecule has 8 aromatic carbocycles. The van der Waals surface area contributed by atoms with Gasteiger partial charge in [0.15, 0.2) is 0 Å². The summed E-state index contributed by atoms with van der Waals surface area (Å²) in [6.07, 6.45) is 0. The monoisotopic (exact) mass is 636 g/mol. The van der Waals surface area contributed by atoms with Crippen LogP contribution in [0, 0.1) is 0 Å². The summed E-state index contributed by atoms with van der Waals surface area (Å²) in [6, 6.07) is 60.7. The van der Waals surface area contributed by atoms with Gasteiger partial charge in [0.25, 0.3) is 0 Å². The first-order chi connectivity index (χ1) is 24.8. The molecule has 11 rings (SSSR count). The minimum Gasteiger partial charge on any atom is -0.309 e. The molecule has 0 aliphatic rings. The molecule has 0 bridgehead atoms. The van der Waals surface area contributed by atoms with Crippen molar-refractivity contribution in [2.75, 3.05) is 0 Å². The quantitative estimate of drug-likeness (QED) is 0.193. The Balaban J connectivity index is 1.34. The standard InChI is InChI=1S/C46H28N4/c1-2-17-32(18-3-1)49-40-24-12-10-21-35(40)38-27-31-16-6-7-19-33(31)43(45(38)49)44-36-22-8-11-23-39(36)47-46(48-44)50-41-25-13-9-20-34(41)37-26-29-14-4-5-15-30(29)28-42(37)50/h1-28H. The highest BCUT2D eigenvalue weighted by Gasteiger charge is 2.24. The Bertz CT molecular complexity index is 3150. The maximum Gasteiger partial charge on any atom is 0.235 e. The van der Waals surface area contributed by atoms with E-state index in [0.717, 1.165) is 55.3 Å². The van der Waals surface area contributed by atoms with E-state index in [2.05, 4.69) is 179 Å². The van der Waals surface area contributed by atoms with Crippen molar-refractivity contribution in [3.05, 3.63) is 170 Å². The van der Waals surface area contributed by atoms with Crippen molar-refractivity contribution in [1.29, 1.82) is 0 Å². The third-order valence-electron chi connectivity index (χ3n) is 10.3. The van der Waals surface area contributed by atoms with E-state index in [1.165, 1.54) is 37.7 Å². The van der Waals surface area contributed by atoms with Gasteiger partial charge in [-0.3, -0.25) is 4.57 Å². The smallest absolute Gasteiger partial charge is 0.235 e. The Morgan fingerprint density at radius 3 is 1.70 bits per heavy atom. The molecule has 11 aromatic rings. The van der Waals surface area contributed by atoms with Crippen LogP contribution >= 0.6 is 0 Å². The predicted octanol–water partition coefficient (Wildman–Crippen LogP) is 11.8. The molecule has 3 aromatic heterocycles. The second-order valence-corrected chi connectivity index (χ2v) is 13.0. The summed E-state index contributed by atoms with van der Waals surface area (Å²) in [4.78, 5) is 11.0. The van der Waals surface area contributed by atoms with Crippen molar-refractivity contribution >= 4 is 76.1 Å². The molecular formula is C46H28N4. The van der Waals surface area contributed by atoms with Crippen molar-refractivity contribution in [3.63, 3.8) is 0 Å². The van der Waals surface area contributed by atoms with Gasteiger partial charge in [0, 0.05) is 38.2 Å². The van der Waals surface area contributed by atoms with Gasteiger partial charge >= 0.3 is 0 Å². The van der Waals surface area contributed by atoms with E-state index < -0.39 is 0 Å². The first kappa shape index (κ1) is 27.2. The van der Waals surface area contributed by atoms with Crippen LogP contribution in [0.5, 0.6) is 0 Å². The molecule has 0 saturated heterocycles. The van der Waals surface area contributed by atoms with Gasteiger partial charge in [0.1, 0.15) is 0 Å². The molecule has 4 nitrogen and oxygen atoms in total. The molecule has 0 atom stereocenters. The van der Waals surface area contributed by atoms with E-state index >= 15 is 0 Å². The lowest BCUT2D eigenvalue weighted by Gasteiger charge is -2.17. The van der Waals surface area contributed by atoms with Gasteiger partial charge in [0.2, 0.25) is 5.95 Å². The lowest BCUT2D eigenvalue weighted by atomic mass is 9.95. The molecule has 50 heavy (non-hydrogen) atoms. The van der Waals surface area contributed by atoms with Gasteiger partial charge in [-0.15, -0.1) is 0 Å². The number of rotatable bonds is 3. The maximum absolute atomic E-state index is 5.64. The molecule has 0 saturated carbocycles. The van der Waals surface area contributed by atoms with E-state index in [1.54, 1.807) is 0 Å². The minimum absolute atomic E-state index is 0.656. The summed E-state index contributed by atoms with van der Waals surface area (Å²) in [5.74, 6) is 0.656. The van der Waals surface area contributed by atoms with Gasteiger partial charge in [-0.25, -0.2) is 9.97 Å². The van der Waals surface area contributed by atoms with Crippen molar-refractivity contribution in [2.24, 2.45) is 0 Å². The summed E-state index contributed by atoms with van der Waals surface area (Å²) >= 11 is 0. The Kier molecular flexibility index (Phi) is 5.63. The predicted molar refractivity (Wildman–Crippen MR) is 209 cm³/mol. The molecule has 0 N–H and O–H groups in total. The zero-order chi connectivity index (χ0) is 32.8. The van der Waals surface area contributed by atoms with Gasteiger partial charge in [0.05, 0.1) is 33.3 Å². The van der Waals surface area contributed by atoms with Crippen molar-refractivity contribution < 1.29 is 0 Å². The van der Waals surface area contributed by atoms with Crippen LogP contribution in [-0.2, 0) is 0 Å².